The van der Waals surface area contributed by atoms with Gasteiger partial charge in [0.15, 0.2) is 0 Å². The summed E-state index contributed by atoms with van der Waals surface area (Å²) in [6.45, 7) is 2.23. The normalized spacial score (nSPS) is 17.4. The molecule has 6 heteroatoms. The van der Waals surface area contributed by atoms with Crippen LogP contribution in [0.4, 0.5) is 4.79 Å². The van der Waals surface area contributed by atoms with Gasteiger partial charge in [-0.25, -0.2) is 4.79 Å². The van der Waals surface area contributed by atoms with Crippen LogP contribution in [-0.4, -0.2) is 30.1 Å². The van der Waals surface area contributed by atoms with Crippen molar-refractivity contribution in [3.05, 3.63) is 64.7 Å². The van der Waals surface area contributed by atoms with Gasteiger partial charge in [0.1, 0.15) is 12.4 Å². The van der Waals surface area contributed by atoms with Gasteiger partial charge in [-0.05, 0) is 53.1 Å². The van der Waals surface area contributed by atoms with E-state index >= 15 is 0 Å². The predicted molar refractivity (Wildman–Crippen MR) is 118 cm³/mol. The lowest BCUT2D eigenvalue weighted by Gasteiger charge is -2.43. The molecular weight excluding hydrogens is 392 g/mol. The molecule has 2 amide bonds. The SMILES string of the molecule is C#CC(=O)N1[C@@H](CCCC)Cc2cc(OC)ccc2[C@@H]1c1ccc(COC(N)=O)cc1. The van der Waals surface area contributed by atoms with Gasteiger partial charge in [-0.2, -0.15) is 0 Å². The average molecular weight is 421 g/mol. The second kappa shape index (κ2) is 10.0. The van der Waals surface area contributed by atoms with Gasteiger partial charge in [-0.1, -0.05) is 50.1 Å². The molecule has 0 saturated heterocycles. The van der Waals surface area contributed by atoms with E-state index in [9.17, 15) is 9.59 Å². The van der Waals surface area contributed by atoms with E-state index < -0.39 is 6.09 Å². The number of benzene rings is 2. The summed E-state index contributed by atoms with van der Waals surface area (Å²) >= 11 is 0. The van der Waals surface area contributed by atoms with Crippen molar-refractivity contribution < 1.29 is 19.1 Å². The first-order valence-corrected chi connectivity index (χ1v) is 10.4. The minimum atomic E-state index is -0.816. The van der Waals surface area contributed by atoms with Crippen molar-refractivity contribution in [3.8, 4) is 18.1 Å². The van der Waals surface area contributed by atoms with Gasteiger partial charge in [0.2, 0.25) is 0 Å². The van der Waals surface area contributed by atoms with Crippen LogP contribution < -0.4 is 10.5 Å². The van der Waals surface area contributed by atoms with Gasteiger partial charge in [-0.15, -0.1) is 6.42 Å². The van der Waals surface area contributed by atoms with Crippen LogP contribution in [0.3, 0.4) is 0 Å². The quantitative estimate of drug-likeness (QED) is 0.688. The zero-order valence-corrected chi connectivity index (χ0v) is 18.0. The molecule has 2 N–H and O–H groups in total. The molecular formula is C25H28N2O4. The van der Waals surface area contributed by atoms with Crippen molar-refractivity contribution in [2.45, 2.75) is 51.3 Å². The van der Waals surface area contributed by atoms with Crippen molar-refractivity contribution >= 4 is 12.0 Å². The van der Waals surface area contributed by atoms with Crippen molar-refractivity contribution in [2.75, 3.05) is 7.11 Å². The Balaban J connectivity index is 2.05. The lowest BCUT2D eigenvalue weighted by Crippen LogP contribution is -2.47. The average Bonchev–Trinajstić information content (AvgIpc) is 2.79. The van der Waals surface area contributed by atoms with Crippen molar-refractivity contribution in [2.24, 2.45) is 5.73 Å². The lowest BCUT2D eigenvalue weighted by molar-refractivity contribution is -0.130. The maximum atomic E-state index is 12.9. The number of ether oxygens (including phenoxy) is 2. The van der Waals surface area contributed by atoms with Gasteiger partial charge < -0.3 is 20.1 Å². The minimum absolute atomic E-state index is 0.00553. The molecule has 162 valence electrons. The van der Waals surface area contributed by atoms with Gasteiger partial charge in [-0.3, -0.25) is 4.79 Å². The molecule has 31 heavy (non-hydrogen) atoms. The number of methoxy groups -OCH3 is 1. The molecule has 0 radical (unpaired) electrons. The molecule has 0 aromatic heterocycles. The molecule has 3 rings (SSSR count). The Bertz CT molecular complexity index is 978. The van der Waals surface area contributed by atoms with Crippen molar-refractivity contribution in [3.63, 3.8) is 0 Å². The third-order valence-electron chi connectivity index (χ3n) is 5.70. The molecule has 0 aliphatic carbocycles. The standard InChI is InChI=1S/C25H28N2O4/c1-4-6-7-20-14-19-15-21(30-3)12-13-22(19)24(27(20)23(28)5-2)18-10-8-17(9-11-18)16-31-25(26)29/h2,8-13,15,20,24H,4,6-7,14,16H2,1,3H3,(H2,26,29)/t20-,24-/m0/s1. The lowest BCUT2D eigenvalue weighted by atomic mass is 9.83. The van der Waals surface area contributed by atoms with E-state index in [2.05, 4.69) is 12.8 Å². The molecule has 2 atom stereocenters. The van der Waals surface area contributed by atoms with Gasteiger partial charge in [0.25, 0.3) is 5.91 Å². The summed E-state index contributed by atoms with van der Waals surface area (Å²) in [5.41, 5.74) is 9.01. The van der Waals surface area contributed by atoms with E-state index in [1.54, 1.807) is 7.11 Å². The number of unbranched alkanes of at least 4 members (excludes halogenated alkanes) is 1. The van der Waals surface area contributed by atoms with Crippen LogP contribution in [0, 0.1) is 12.3 Å². The fourth-order valence-corrected chi connectivity index (χ4v) is 4.19. The maximum Gasteiger partial charge on any atom is 0.404 e. The second-order valence-corrected chi connectivity index (χ2v) is 7.67. The van der Waals surface area contributed by atoms with E-state index in [4.69, 9.17) is 21.6 Å². The monoisotopic (exact) mass is 420 g/mol. The minimum Gasteiger partial charge on any atom is -0.497 e. The largest absolute Gasteiger partial charge is 0.497 e. The third kappa shape index (κ3) is 5.00. The molecule has 0 unspecified atom stereocenters. The first-order valence-electron chi connectivity index (χ1n) is 10.4. The predicted octanol–water partition coefficient (Wildman–Crippen LogP) is 3.96. The summed E-state index contributed by atoms with van der Waals surface area (Å²) in [6, 6.07) is 13.3. The Morgan fingerprint density at radius 3 is 2.58 bits per heavy atom. The van der Waals surface area contributed by atoms with Gasteiger partial charge in [0, 0.05) is 6.04 Å². The van der Waals surface area contributed by atoms with E-state index in [0.29, 0.717) is 0 Å². The Labute approximate surface area is 183 Å². The van der Waals surface area contributed by atoms with Gasteiger partial charge >= 0.3 is 6.09 Å². The maximum absolute atomic E-state index is 12.9. The molecule has 0 spiro atoms. The number of amides is 2. The summed E-state index contributed by atoms with van der Waals surface area (Å²) in [7, 11) is 1.65. The zero-order valence-electron chi connectivity index (χ0n) is 18.0. The van der Waals surface area contributed by atoms with Crippen LogP contribution in [0.25, 0.3) is 0 Å². The Hall–Kier alpha value is -3.46. The number of nitrogens with two attached hydrogens (primary N) is 1. The number of fused-ring (bicyclic) bond motifs is 1. The Morgan fingerprint density at radius 1 is 1.23 bits per heavy atom. The van der Waals surface area contributed by atoms with Crippen molar-refractivity contribution in [1.82, 2.24) is 4.90 Å². The first kappa shape index (κ1) is 22.2. The number of rotatable bonds is 7. The number of carbonyl (C=O) groups excluding carboxylic acids is 2. The van der Waals surface area contributed by atoms with E-state index in [0.717, 1.165) is 53.7 Å². The fraction of sp³-hybridized carbons (Fsp3) is 0.360. The highest BCUT2D eigenvalue weighted by Gasteiger charge is 2.37. The third-order valence-corrected chi connectivity index (χ3v) is 5.70. The van der Waals surface area contributed by atoms with E-state index in [1.165, 1.54) is 0 Å². The first-order chi connectivity index (χ1) is 15.0. The van der Waals surface area contributed by atoms with E-state index in [-0.39, 0.29) is 24.6 Å². The Kier molecular flexibility index (Phi) is 7.19. The molecule has 0 bridgehead atoms. The highest BCUT2D eigenvalue weighted by atomic mass is 16.5. The molecule has 0 fully saturated rings. The highest BCUT2D eigenvalue weighted by molar-refractivity contribution is 5.94. The molecule has 2 aromatic rings. The van der Waals surface area contributed by atoms with E-state index in [1.807, 2.05) is 47.4 Å². The molecule has 1 heterocycles. The number of hydrogen-bond acceptors (Lipinski definition) is 4. The molecule has 1 aliphatic rings. The van der Waals surface area contributed by atoms with Crippen molar-refractivity contribution in [1.29, 1.82) is 0 Å². The second-order valence-electron chi connectivity index (χ2n) is 7.67. The summed E-state index contributed by atoms with van der Waals surface area (Å²) in [5, 5.41) is 0. The summed E-state index contributed by atoms with van der Waals surface area (Å²) < 4.78 is 10.3. The summed E-state index contributed by atoms with van der Waals surface area (Å²) in [5.74, 6) is 2.81. The number of hydrogen-bond donors (Lipinski definition) is 1. The molecule has 1 aliphatic heterocycles. The fourth-order valence-electron chi connectivity index (χ4n) is 4.19. The number of carbonyl (C=O) groups is 2. The summed E-state index contributed by atoms with van der Waals surface area (Å²) in [6.07, 6.45) is 8.42. The molecule has 6 nitrogen and oxygen atoms in total. The smallest absolute Gasteiger partial charge is 0.404 e. The van der Waals surface area contributed by atoms with Crippen LogP contribution in [0.2, 0.25) is 0 Å². The highest BCUT2D eigenvalue weighted by Crippen LogP contribution is 2.40. The van der Waals surface area contributed by atoms with Crippen LogP contribution in [0.5, 0.6) is 5.75 Å². The van der Waals surface area contributed by atoms with Gasteiger partial charge in [0.05, 0.1) is 13.2 Å². The topological polar surface area (TPSA) is 81.9 Å². The number of nitrogens with zero attached hydrogens (tertiary/aromatic N) is 1. The van der Waals surface area contributed by atoms with Crippen LogP contribution in [0.1, 0.15) is 54.5 Å². The Morgan fingerprint density at radius 2 is 1.97 bits per heavy atom. The van der Waals surface area contributed by atoms with Crippen LogP contribution >= 0.6 is 0 Å². The number of primary amides is 1. The summed E-state index contributed by atoms with van der Waals surface area (Å²) in [4.78, 5) is 25.6. The number of terminal acetylenes is 1. The molecule has 0 saturated carbocycles. The zero-order chi connectivity index (χ0) is 22.4. The molecule has 2 aromatic carbocycles. The van der Waals surface area contributed by atoms with Crippen LogP contribution in [0.15, 0.2) is 42.5 Å². The van der Waals surface area contributed by atoms with Crippen LogP contribution in [-0.2, 0) is 22.6 Å².